The van der Waals surface area contributed by atoms with Crippen LogP contribution in [0.15, 0.2) is 206 Å². The minimum absolute atomic E-state index is 0.121. The van der Waals surface area contributed by atoms with Crippen LogP contribution >= 0.6 is 0 Å². The normalized spacial score (nSPS) is 11.2. The molecular formula is C51H55N5. The maximum Gasteiger partial charge on any atom is 0.122 e. The van der Waals surface area contributed by atoms with E-state index in [0.717, 1.165) is 22.3 Å². The molecule has 0 heterocycles. The summed E-state index contributed by atoms with van der Waals surface area (Å²) < 4.78 is 0. The van der Waals surface area contributed by atoms with Gasteiger partial charge < -0.3 is 22.6 Å². The molecule has 0 radical (unpaired) electrons. The maximum atomic E-state index is 8.13. The van der Waals surface area contributed by atoms with Gasteiger partial charge in [-0.1, -0.05) is 205 Å². The third-order valence-corrected chi connectivity index (χ3v) is 8.35. The van der Waals surface area contributed by atoms with E-state index < -0.39 is 0 Å². The highest BCUT2D eigenvalue weighted by atomic mass is 14.7. The van der Waals surface area contributed by atoms with Gasteiger partial charge in [-0.25, -0.2) is 0 Å². The standard InChI is InChI=1S/C21H18N2.C16H20.C7H8N2.C7H9N/c22-20(18-9-5-2-6-10-18)15-21(23)19-13-11-17(12-14-19)16-7-3-1-4-8-16;1-5-8-13(3)11-15(6-2)16-10-7-9-14(4)12-16;8-7(9)6-4-2-1-3-5-6;8-6-7-4-2-1-3-5-7/h1-15,22H,23H2;5-12H,1-4H3;1-5H,(H3,8,9);1-5H,6,8H2/b21-15-,22-20?;8-5-,13-11-,15-6+;;. The number of allylic oxidation sites excluding steroid dienone is 7. The predicted molar refractivity (Wildman–Crippen MR) is 243 cm³/mol. The molecule has 0 bridgehead atoms. The van der Waals surface area contributed by atoms with Crippen molar-refractivity contribution in [1.29, 1.82) is 10.8 Å². The van der Waals surface area contributed by atoms with Crippen molar-refractivity contribution in [3.8, 4) is 11.1 Å². The molecule has 56 heavy (non-hydrogen) atoms. The Kier molecular flexibility index (Phi) is 19.1. The maximum absolute atomic E-state index is 8.13. The molecule has 0 aliphatic rings. The number of amidine groups is 1. The Morgan fingerprint density at radius 1 is 0.554 bits per heavy atom. The van der Waals surface area contributed by atoms with E-state index in [-0.39, 0.29) is 5.84 Å². The Hall–Kier alpha value is -6.82. The summed E-state index contributed by atoms with van der Waals surface area (Å²) in [6.45, 7) is 9.01. The lowest BCUT2D eigenvalue weighted by molar-refractivity contribution is 1.07. The third-order valence-electron chi connectivity index (χ3n) is 8.35. The molecule has 6 rings (SSSR count). The van der Waals surface area contributed by atoms with Crippen LogP contribution in [0.25, 0.3) is 22.4 Å². The van der Waals surface area contributed by atoms with Gasteiger partial charge in [-0.05, 0) is 72.7 Å². The van der Waals surface area contributed by atoms with Crippen molar-refractivity contribution in [1.82, 2.24) is 0 Å². The molecule has 8 N–H and O–H groups in total. The number of nitrogens with one attached hydrogen (secondary N) is 2. The van der Waals surface area contributed by atoms with Crippen molar-refractivity contribution in [2.45, 2.75) is 34.2 Å². The van der Waals surface area contributed by atoms with Crippen LogP contribution in [0.2, 0.25) is 0 Å². The van der Waals surface area contributed by atoms with Crippen molar-refractivity contribution in [3.05, 3.63) is 239 Å². The van der Waals surface area contributed by atoms with Crippen LogP contribution in [0.4, 0.5) is 0 Å². The lowest BCUT2D eigenvalue weighted by atomic mass is 10.0. The second-order valence-corrected chi connectivity index (χ2v) is 12.8. The van der Waals surface area contributed by atoms with E-state index in [2.05, 4.69) is 93.6 Å². The van der Waals surface area contributed by atoms with E-state index in [1.54, 1.807) is 6.08 Å². The highest BCUT2D eigenvalue weighted by Gasteiger charge is 2.03. The number of nitrogen functional groups attached to an aromatic ring is 1. The van der Waals surface area contributed by atoms with Crippen molar-refractivity contribution in [2.24, 2.45) is 17.2 Å². The van der Waals surface area contributed by atoms with E-state index in [4.69, 9.17) is 28.0 Å². The molecule has 284 valence electrons. The van der Waals surface area contributed by atoms with Gasteiger partial charge in [0.05, 0.1) is 5.71 Å². The molecule has 0 aliphatic heterocycles. The summed E-state index contributed by atoms with van der Waals surface area (Å²) in [6, 6.07) is 55.7. The number of hydrogen-bond donors (Lipinski definition) is 5. The smallest absolute Gasteiger partial charge is 0.122 e. The Morgan fingerprint density at radius 3 is 1.52 bits per heavy atom. The predicted octanol–water partition coefficient (Wildman–Crippen LogP) is 11.8. The van der Waals surface area contributed by atoms with E-state index in [1.807, 2.05) is 128 Å². The molecule has 5 heteroatoms. The molecule has 0 unspecified atom stereocenters. The highest BCUT2D eigenvalue weighted by Crippen LogP contribution is 2.22. The first kappa shape index (κ1) is 43.6. The summed E-state index contributed by atoms with van der Waals surface area (Å²) in [5.74, 6) is 0.121. The molecule has 6 aromatic carbocycles. The monoisotopic (exact) mass is 737 g/mol. The van der Waals surface area contributed by atoms with E-state index in [9.17, 15) is 0 Å². The largest absolute Gasteiger partial charge is 0.398 e. The second-order valence-electron chi connectivity index (χ2n) is 12.8. The summed E-state index contributed by atoms with van der Waals surface area (Å²) in [7, 11) is 0. The molecule has 0 aliphatic carbocycles. The van der Waals surface area contributed by atoms with Crippen LogP contribution in [-0.4, -0.2) is 11.5 Å². The number of nitrogens with two attached hydrogens (primary N) is 3. The highest BCUT2D eigenvalue weighted by molar-refractivity contribution is 6.10. The van der Waals surface area contributed by atoms with Gasteiger partial charge in [0.25, 0.3) is 0 Å². The van der Waals surface area contributed by atoms with Crippen molar-refractivity contribution < 1.29 is 0 Å². The van der Waals surface area contributed by atoms with Gasteiger partial charge in [0.15, 0.2) is 0 Å². The molecule has 6 aromatic rings. The molecule has 0 aromatic heterocycles. The van der Waals surface area contributed by atoms with Gasteiger partial charge in [-0.3, -0.25) is 5.41 Å². The molecule has 0 fully saturated rings. The topological polar surface area (TPSA) is 126 Å². The number of benzene rings is 6. The fourth-order valence-electron chi connectivity index (χ4n) is 5.37. The summed E-state index contributed by atoms with van der Waals surface area (Å²) in [5.41, 5.74) is 28.9. The SMILES string of the molecule is C\C=C/C(C)=C\C(=C/C)c1cccc(C)c1.N=C(/C=C(\N)c1ccc(-c2ccccc2)cc1)c1ccccc1.N=C(N)c1ccccc1.NCc1ccccc1. The molecular weight excluding hydrogens is 683 g/mol. The van der Waals surface area contributed by atoms with E-state index >= 15 is 0 Å². The average Bonchev–Trinajstić information content (AvgIpc) is 3.25. The molecule has 5 nitrogen and oxygen atoms in total. The quantitative estimate of drug-likeness (QED) is 0.0576. The zero-order valence-electron chi connectivity index (χ0n) is 33.0. The first-order valence-electron chi connectivity index (χ1n) is 18.6. The third kappa shape index (κ3) is 15.7. The van der Waals surface area contributed by atoms with E-state index in [1.165, 1.54) is 33.4 Å². The van der Waals surface area contributed by atoms with Crippen molar-refractivity contribution in [3.63, 3.8) is 0 Å². The fourth-order valence-corrected chi connectivity index (χ4v) is 5.37. The van der Waals surface area contributed by atoms with Crippen LogP contribution < -0.4 is 17.2 Å². The minimum atomic E-state index is 0.121. The molecule has 0 saturated carbocycles. The zero-order chi connectivity index (χ0) is 40.5. The number of hydrogen-bond acceptors (Lipinski definition) is 4. The summed E-state index contributed by atoms with van der Waals surface area (Å²) in [5, 5.41) is 15.1. The van der Waals surface area contributed by atoms with Gasteiger partial charge in [-0.2, -0.15) is 0 Å². The molecule has 0 saturated heterocycles. The lowest BCUT2D eigenvalue weighted by Gasteiger charge is -2.06. The number of rotatable bonds is 9. The molecule has 0 atom stereocenters. The Bertz CT molecular complexity index is 2180. The average molecular weight is 738 g/mol. The lowest BCUT2D eigenvalue weighted by Crippen LogP contribution is -2.10. The Labute approximate surface area is 334 Å². The fraction of sp³-hybridized carbons (Fsp3) is 0.0980. The Morgan fingerprint density at radius 2 is 1.05 bits per heavy atom. The van der Waals surface area contributed by atoms with Crippen LogP contribution in [0, 0.1) is 17.7 Å². The molecule has 0 amide bonds. The Balaban J connectivity index is 0.000000220. The summed E-state index contributed by atoms with van der Waals surface area (Å²) >= 11 is 0. The first-order chi connectivity index (χ1) is 27.1. The minimum Gasteiger partial charge on any atom is -0.398 e. The second kappa shape index (κ2) is 24.5. The molecule has 0 spiro atoms. The zero-order valence-corrected chi connectivity index (χ0v) is 33.0. The van der Waals surface area contributed by atoms with Gasteiger partial charge in [0, 0.05) is 17.8 Å². The van der Waals surface area contributed by atoms with Crippen molar-refractivity contribution >= 4 is 22.8 Å². The van der Waals surface area contributed by atoms with Crippen LogP contribution in [0.3, 0.4) is 0 Å². The van der Waals surface area contributed by atoms with Crippen LogP contribution in [-0.2, 0) is 6.54 Å². The summed E-state index contributed by atoms with van der Waals surface area (Å²) in [4.78, 5) is 0. The van der Waals surface area contributed by atoms with E-state index in [0.29, 0.717) is 18.0 Å². The van der Waals surface area contributed by atoms with Gasteiger partial charge in [-0.15, -0.1) is 0 Å². The van der Waals surface area contributed by atoms with Gasteiger partial charge >= 0.3 is 0 Å². The van der Waals surface area contributed by atoms with Crippen LogP contribution in [0.1, 0.15) is 54.2 Å². The number of aryl methyl sites for hydroxylation is 1. The first-order valence-corrected chi connectivity index (χ1v) is 18.6. The van der Waals surface area contributed by atoms with Gasteiger partial charge in [0.2, 0.25) is 0 Å². The van der Waals surface area contributed by atoms with Crippen LogP contribution in [0.5, 0.6) is 0 Å². The van der Waals surface area contributed by atoms with Gasteiger partial charge in [0.1, 0.15) is 5.84 Å². The van der Waals surface area contributed by atoms with Crippen molar-refractivity contribution in [2.75, 3.05) is 0 Å². The summed E-state index contributed by atoms with van der Waals surface area (Å²) in [6.07, 6.45) is 10.3.